The van der Waals surface area contributed by atoms with E-state index < -0.39 is 0 Å². The van der Waals surface area contributed by atoms with E-state index in [1.54, 1.807) is 7.11 Å². The van der Waals surface area contributed by atoms with Gasteiger partial charge in [-0.1, -0.05) is 19.9 Å². The third-order valence-electron chi connectivity index (χ3n) is 3.06. The number of carbonyl (C=O) groups is 1. The molecule has 17 heavy (non-hydrogen) atoms. The van der Waals surface area contributed by atoms with Gasteiger partial charge in [0.15, 0.2) is 0 Å². The number of ketones is 1. The number of ether oxygens (including phenoxy) is 1. The lowest BCUT2D eigenvalue weighted by Gasteiger charge is -2.13. The SMILES string of the molecule is COc1cc(C)cc(C)c1CCC(=O)C(C)C. The molecule has 2 nitrogen and oxygen atoms in total. The molecule has 0 aromatic heterocycles. The zero-order valence-electron chi connectivity index (χ0n) is 11.5. The van der Waals surface area contributed by atoms with E-state index in [-0.39, 0.29) is 5.92 Å². The first kappa shape index (κ1) is 13.8. The fourth-order valence-corrected chi connectivity index (χ4v) is 2.00. The summed E-state index contributed by atoms with van der Waals surface area (Å²) >= 11 is 0. The molecule has 0 aliphatic rings. The molecule has 0 heterocycles. The number of benzene rings is 1. The van der Waals surface area contributed by atoms with Crippen molar-refractivity contribution in [2.75, 3.05) is 7.11 Å². The van der Waals surface area contributed by atoms with E-state index in [0.717, 1.165) is 17.7 Å². The van der Waals surface area contributed by atoms with Crippen LogP contribution in [-0.4, -0.2) is 12.9 Å². The monoisotopic (exact) mass is 234 g/mol. The Morgan fingerprint density at radius 3 is 2.47 bits per heavy atom. The Morgan fingerprint density at radius 2 is 1.94 bits per heavy atom. The lowest BCUT2D eigenvalue weighted by Crippen LogP contribution is -2.09. The summed E-state index contributed by atoms with van der Waals surface area (Å²) in [5.74, 6) is 1.33. The Hall–Kier alpha value is -1.31. The summed E-state index contributed by atoms with van der Waals surface area (Å²) in [6, 6.07) is 4.17. The molecule has 2 heteroatoms. The van der Waals surface area contributed by atoms with Gasteiger partial charge in [-0.25, -0.2) is 0 Å². The summed E-state index contributed by atoms with van der Waals surface area (Å²) < 4.78 is 5.39. The molecule has 0 aliphatic carbocycles. The second kappa shape index (κ2) is 5.85. The lowest BCUT2D eigenvalue weighted by atomic mass is 9.96. The van der Waals surface area contributed by atoms with Crippen LogP contribution in [0.5, 0.6) is 5.75 Å². The summed E-state index contributed by atoms with van der Waals surface area (Å²) in [6.45, 7) is 8.02. The van der Waals surface area contributed by atoms with Crippen molar-refractivity contribution in [3.8, 4) is 5.75 Å². The van der Waals surface area contributed by atoms with Gasteiger partial charge in [-0.3, -0.25) is 4.79 Å². The topological polar surface area (TPSA) is 26.3 Å². The second-order valence-electron chi connectivity index (χ2n) is 4.88. The fraction of sp³-hybridized carbons (Fsp3) is 0.533. The van der Waals surface area contributed by atoms with E-state index in [2.05, 4.69) is 19.9 Å². The van der Waals surface area contributed by atoms with E-state index in [4.69, 9.17) is 4.74 Å². The van der Waals surface area contributed by atoms with E-state index in [9.17, 15) is 4.79 Å². The zero-order valence-corrected chi connectivity index (χ0v) is 11.5. The van der Waals surface area contributed by atoms with Crippen molar-refractivity contribution < 1.29 is 9.53 Å². The Kier molecular flexibility index (Phi) is 4.73. The predicted octanol–water partition coefficient (Wildman–Crippen LogP) is 3.47. The highest BCUT2D eigenvalue weighted by atomic mass is 16.5. The van der Waals surface area contributed by atoms with Crippen LogP contribution in [0.4, 0.5) is 0 Å². The highest BCUT2D eigenvalue weighted by Crippen LogP contribution is 2.25. The molecule has 94 valence electrons. The number of carbonyl (C=O) groups excluding carboxylic acids is 1. The molecular weight excluding hydrogens is 212 g/mol. The minimum atomic E-state index is 0.117. The van der Waals surface area contributed by atoms with Gasteiger partial charge in [-0.2, -0.15) is 0 Å². The summed E-state index contributed by atoms with van der Waals surface area (Å²) in [6.07, 6.45) is 1.37. The van der Waals surface area contributed by atoms with E-state index >= 15 is 0 Å². The van der Waals surface area contributed by atoms with Crippen molar-refractivity contribution in [3.05, 3.63) is 28.8 Å². The number of hydrogen-bond donors (Lipinski definition) is 0. The van der Waals surface area contributed by atoms with Gasteiger partial charge in [-0.15, -0.1) is 0 Å². The molecule has 0 aliphatic heterocycles. The first-order valence-corrected chi connectivity index (χ1v) is 6.12. The van der Waals surface area contributed by atoms with Crippen LogP contribution in [-0.2, 0) is 11.2 Å². The normalized spacial score (nSPS) is 10.7. The first-order valence-electron chi connectivity index (χ1n) is 6.12. The van der Waals surface area contributed by atoms with Crippen molar-refractivity contribution in [2.24, 2.45) is 5.92 Å². The number of rotatable bonds is 5. The minimum absolute atomic E-state index is 0.117. The maximum absolute atomic E-state index is 11.7. The number of hydrogen-bond acceptors (Lipinski definition) is 2. The van der Waals surface area contributed by atoms with Gasteiger partial charge in [0.1, 0.15) is 11.5 Å². The van der Waals surface area contributed by atoms with Crippen LogP contribution in [0, 0.1) is 19.8 Å². The molecule has 0 amide bonds. The van der Waals surface area contributed by atoms with Crippen LogP contribution >= 0.6 is 0 Å². The average molecular weight is 234 g/mol. The molecule has 0 saturated heterocycles. The van der Waals surface area contributed by atoms with Gasteiger partial charge in [0.25, 0.3) is 0 Å². The van der Waals surface area contributed by atoms with Crippen LogP contribution in [0.3, 0.4) is 0 Å². The maximum atomic E-state index is 11.7. The number of methoxy groups -OCH3 is 1. The molecule has 1 aromatic rings. The van der Waals surface area contributed by atoms with Gasteiger partial charge < -0.3 is 4.74 Å². The van der Waals surface area contributed by atoms with E-state index in [0.29, 0.717) is 12.2 Å². The number of aryl methyl sites for hydroxylation is 2. The molecular formula is C15H22O2. The molecule has 0 bridgehead atoms. The molecule has 0 spiro atoms. The van der Waals surface area contributed by atoms with Crippen molar-refractivity contribution >= 4 is 5.78 Å². The molecule has 0 N–H and O–H groups in total. The van der Waals surface area contributed by atoms with E-state index in [1.165, 1.54) is 11.1 Å². The zero-order chi connectivity index (χ0) is 13.0. The lowest BCUT2D eigenvalue weighted by molar-refractivity contribution is -0.121. The van der Waals surface area contributed by atoms with Crippen LogP contribution in [0.2, 0.25) is 0 Å². The third-order valence-corrected chi connectivity index (χ3v) is 3.06. The molecule has 0 saturated carbocycles. The summed E-state index contributed by atoms with van der Waals surface area (Å²) in [4.78, 5) is 11.7. The van der Waals surface area contributed by atoms with Gasteiger partial charge in [0.2, 0.25) is 0 Å². The smallest absolute Gasteiger partial charge is 0.135 e. The molecule has 1 rings (SSSR count). The second-order valence-corrected chi connectivity index (χ2v) is 4.88. The largest absolute Gasteiger partial charge is 0.496 e. The van der Waals surface area contributed by atoms with Crippen LogP contribution in [0.1, 0.15) is 37.0 Å². The van der Waals surface area contributed by atoms with Gasteiger partial charge in [0.05, 0.1) is 7.11 Å². The van der Waals surface area contributed by atoms with Crippen molar-refractivity contribution in [1.82, 2.24) is 0 Å². The summed E-state index contributed by atoms with van der Waals surface area (Å²) in [5.41, 5.74) is 3.56. The van der Waals surface area contributed by atoms with Gasteiger partial charge in [0, 0.05) is 12.3 Å². The molecule has 1 aromatic carbocycles. The van der Waals surface area contributed by atoms with Crippen molar-refractivity contribution in [2.45, 2.75) is 40.5 Å². The third kappa shape index (κ3) is 3.58. The highest BCUT2D eigenvalue weighted by Gasteiger charge is 2.12. The fourth-order valence-electron chi connectivity index (χ4n) is 2.00. The van der Waals surface area contributed by atoms with Crippen LogP contribution in [0.15, 0.2) is 12.1 Å². The predicted molar refractivity (Wildman–Crippen MR) is 70.6 cm³/mol. The Bertz CT molecular complexity index is 406. The standard InChI is InChI=1S/C15H22O2/c1-10(2)14(16)7-6-13-12(4)8-11(3)9-15(13)17-5/h8-10H,6-7H2,1-5H3. The maximum Gasteiger partial charge on any atom is 0.135 e. The Balaban J connectivity index is 2.87. The highest BCUT2D eigenvalue weighted by molar-refractivity contribution is 5.80. The molecule has 0 radical (unpaired) electrons. The summed E-state index contributed by atoms with van der Waals surface area (Å²) in [7, 11) is 1.68. The van der Waals surface area contributed by atoms with Crippen LogP contribution in [0.25, 0.3) is 0 Å². The quantitative estimate of drug-likeness (QED) is 0.779. The molecule has 0 unspecified atom stereocenters. The van der Waals surface area contributed by atoms with E-state index in [1.807, 2.05) is 19.9 Å². The Morgan fingerprint density at radius 1 is 1.29 bits per heavy atom. The summed E-state index contributed by atoms with van der Waals surface area (Å²) in [5, 5.41) is 0. The van der Waals surface area contributed by atoms with Gasteiger partial charge in [-0.05, 0) is 43.0 Å². The molecule has 0 atom stereocenters. The minimum Gasteiger partial charge on any atom is -0.496 e. The Labute approximate surface area is 104 Å². The van der Waals surface area contributed by atoms with Crippen molar-refractivity contribution in [3.63, 3.8) is 0 Å². The first-order chi connectivity index (χ1) is 7.95. The molecule has 0 fully saturated rings. The van der Waals surface area contributed by atoms with Crippen LogP contribution < -0.4 is 4.74 Å². The van der Waals surface area contributed by atoms with Gasteiger partial charge >= 0.3 is 0 Å². The average Bonchev–Trinajstić information content (AvgIpc) is 2.26. The number of Topliss-reactive ketones (excluding diaryl/α,β-unsaturated/α-hetero) is 1. The van der Waals surface area contributed by atoms with Crippen molar-refractivity contribution in [1.29, 1.82) is 0 Å².